The van der Waals surface area contributed by atoms with Crippen molar-refractivity contribution in [2.24, 2.45) is 0 Å². The zero-order chi connectivity index (χ0) is 25.6. The highest BCUT2D eigenvalue weighted by atomic mass is 16.4. The fraction of sp³-hybridized carbons (Fsp3) is 0.154. The lowest BCUT2D eigenvalue weighted by Gasteiger charge is -2.15. The van der Waals surface area contributed by atoms with Crippen LogP contribution in [0, 0.1) is 0 Å². The molecular weight excluding hydrogens is 472 g/mol. The minimum atomic E-state index is -0.578. The molecule has 37 heavy (non-hydrogen) atoms. The van der Waals surface area contributed by atoms with Crippen LogP contribution in [0.25, 0.3) is 22.4 Å². The number of aryl methyl sites for hydroxylation is 1. The minimum Gasteiger partial charge on any atom is -0.405 e. The second kappa shape index (κ2) is 10.7. The number of carbonyl (C=O) groups excluding carboxylic acids is 2. The van der Waals surface area contributed by atoms with E-state index >= 15 is 0 Å². The average molecular weight is 497 g/mol. The SMILES string of the molecule is CNC(=O)Nc1nnc([C@H](CCc2ccccc2)NC(=O)c2ccc3nc(-c4ccncc4)[nH]c3c2)o1. The van der Waals surface area contributed by atoms with Crippen molar-refractivity contribution in [2.45, 2.75) is 18.9 Å². The van der Waals surface area contributed by atoms with Crippen LogP contribution in [0.2, 0.25) is 0 Å². The molecule has 0 aliphatic carbocycles. The first-order valence-corrected chi connectivity index (χ1v) is 11.7. The molecule has 1 atom stereocenters. The first-order chi connectivity index (χ1) is 18.1. The van der Waals surface area contributed by atoms with Gasteiger partial charge in [-0.05, 0) is 48.7 Å². The van der Waals surface area contributed by atoms with Gasteiger partial charge in [-0.15, -0.1) is 5.10 Å². The number of fused-ring (bicyclic) bond motifs is 1. The van der Waals surface area contributed by atoms with Crippen molar-refractivity contribution in [3.05, 3.63) is 90.1 Å². The summed E-state index contributed by atoms with van der Waals surface area (Å²) in [4.78, 5) is 36.8. The summed E-state index contributed by atoms with van der Waals surface area (Å²) in [7, 11) is 1.48. The van der Waals surface area contributed by atoms with E-state index in [1.807, 2.05) is 42.5 Å². The molecule has 3 amide bonds. The van der Waals surface area contributed by atoms with Crippen LogP contribution >= 0.6 is 0 Å². The smallest absolute Gasteiger partial charge is 0.323 e. The van der Waals surface area contributed by atoms with Crippen LogP contribution in [-0.4, -0.2) is 44.1 Å². The van der Waals surface area contributed by atoms with Crippen LogP contribution in [0.5, 0.6) is 0 Å². The number of amides is 3. The maximum Gasteiger partial charge on any atom is 0.323 e. The number of carbonyl (C=O) groups is 2. The van der Waals surface area contributed by atoms with Crippen molar-refractivity contribution in [1.82, 2.24) is 35.8 Å². The Morgan fingerprint density at radius 3 is 2.62 bits per heavy atom. The van der Waals surface area contributed by atoms with Gasteiger partial charge in [-0.3, -0.25) is 15.1 Å². The van der Waals surface area contributed by atoms with Gasteiger partial charge in [0.1, 0.15) is 11.9 Å². The molecule has 0 unspecified atom stereocenters. The Labute approximate surface area is 211 Å². The summed E-state index contributed by atoms with van der Waals surface area (Å²) in [5.41, 5.74) is 3.93. The van der Waals surface area contributed by atoms with E-state index in [1.54, 1.807) is 30.6 Å². The summed E-state index contributed by atoms with van der Waals surface area (Å²) in [5, 5.41) is 15.8. The highest BCUT2D eigenvalue weighted by Gasteiger charge is 2.23. The van der Waals surface area contributed by atoms with Crippen LogP contribution < -0.4 is 16.0 Å². The third kappa shape index (κ3) is 5.61. The standard InChI is InChI=1S/C26H24N8O3/c1-27-25(36)32-26-34-33-24(37-26)20(9-7-16-5-3-2-4-6-16)31-23(35)18-8-10-19-21(15-18)30-22(29-19)17-11-13-28-14-12-17/h2-6,8,10-15,20H,7,9H2,1H3,(H,29,30)(H,31,35)(H2,27,32,34,36)/t20-/m0/s1. The third-order valence-electron chi connectivity index (χ3n) is 5.75. The van der Waals surface area contributed by atoms with Gasteiger partial charge in [0.25, 0.3) is 5.91 Å². The Morgan fingerprint density at radius 2 is 1.84 bits per heavy atom. The maximum absolute atomic E-state index is 13.3. The summed E-state index contributed by atoms with van der Waals surface area (Å²) in [6.07, 6.45) is 4.57. The van der Waals surface area contributed by atoms with Crippen molar-refractivity contribution >= 4 is 29.0 Å². The molecule has 0 radical (unpaired) electrons. The number of anilines is 1. The second-order valence-electron chi connectivity index (χ2n) is 8.25. The molecule has 11 nitrogen and oxygen atoms in total. The normalized spacial score (nSPS) is 11.7. The summed E-state index contributed by atoms with van der Waals surface area (Å²) in [6.45, 7) is 0. The van der Waals surface area contributed by atoms with Gasteiger partial charge in [0.15, 0.2) is 0 Å². The average Bonchev–Trinajstić information content (AvgIpc) is 3.58. The van der Waals surface area contributed by atoms with Crippen LogP contribution in [0.3, 0.4) is 0 Å². The van der Waals surface area contributed by atoms with E-state index in [4.69, 9.17) is 4.42 Å². The minimum absolute atomic E-state index is 0.0594. The zero-order valence-corrected chi connectivity index (χ0v) is 19.9. The van der Waals surface area contributed by atoms with Gasteiger partial charge in [-0.1, -0.05) is 35.4 Å². The number of nitrogens with zero attached hydrogens (tertiary/aromatic N) is 4. The number of benzene rings is 2. The molecule has 4 N–H and O–H groups in total. The molecule has 0 saturated heterocycles. The number of imidazole rings is 1. The van der Waals surface area contributed by atoms with Gasteiger partial charge < -0.3 is 20.0 Å². The molecule has 0 saturated carbocycles. The summed E-state index contributed by atoms with van der Waals surface area (Å²) in [6, 6.07) is 17.8. The summed E-state index contributed by atoms with van der Waals surface area (Å²) in [5.74, 6) is 0.579. The molecule has 186 valence electrons. The van der Waals surface area contributed by atoms with Crippen LogP contribution in [0.4, 0.5) is 10.8 Å². The lowest BCUT2D eigenvalue weighted by atomic mass is 10.0. The highest BCUT2D eigenvalue weighted by molar-refractivity contribution is 5.98. The number of pyridine rings is 1. The number of aromatic nitrogens is 5. The molecule has 5 aromatic rings. The topological polar surface area (TPSA) is 151 Å². The predicted octanol–water partition coefficient (Wildman–Crippen LogP) is 3.86. The molecule has 0 aliphatic heterocycles. The molecule has 0 aliphatic rings. The van der Waals surface area contributed by atoms with E-state index in [-0.39, 0.29) is 17.8 Å². The van der Waals surface area contributed by atoms with Gasteiger partial charge in [0, 0.05) is 30.6 Å². The monoisotopic (exact) mass is 496 g/mol. The van der Waals surface area contributed by atoms with Gasteiger partial charge in [-0.2, -0.15) is 0 Å². The first-order valence-electron chi connectivity index (χ1n) is 11.7. The number of rotatable bonds is 8. The quantitative estimate of drug-likeness (QED) is 0.255. The Bertz CT molecular complexity index is 1510. The molecule has 5 rings (SSSR count). The molecule has 3 aromatic heterocycles. The number of hydrogen-bond acceptors (Lipinski definition) is 7. The first kappa shape index (κ1) is 23.7. The molecule has 11 heteroatoms. The maximum atomic E-state index is 13.3. The van der Waals surface area contributed by atoms with Gasteiger partial charge in [0.05, 0.1) is 11.0 Å². The Morgan fingerprint density at radius 1 is 1.03 bits per heavy atom. The number of hydrogen-bond donors (Lipinski definition) is 4. The van der Waals surface area contributed by atoms with E-state index in [2.05, 4.69) is 41.1 Å². The molecule has 3 heterocycles. The lowest BCUT2D eigenvalue weighted by molar-refractivity contribution is 0.0928. The molecule has 0 spiro atoms. The summed E-state index contributed by atoms with van der Waals surface area (Å²) < 4.78 is 5.64. The van der Waals surface area contributed by atoms with Crippen LogP contribution in [-0.2, 0) is 6.42 Å². The Kier molecular flexibility index (Phi) is 6.84. The molecule has 0 bridgehead atoms. The van der Waals surface area contributed by atoms with Gasteiger partial charge >= 0.3 is 12.0 Å². The number of nitrogens with one attached hydrogen (secondary N) is 4. The van der Waals surface area contributed by atoms with E-state index in [1.165, 1.54) is 7.05 Å². The van der Waals surface area contributed by atoms with Crippen molar-refractivity contribution < 1.29 is 14.0 Å². The van der Waals surface area contributed by atoms with Gasteiger partial charge in [-0.25, -0.2) is 9.78 Å². The molecular formula is C26H24N8O3. The largest absolute Gasteiger partial charge is 0.405 e. The highest BCUT2D eigenvalue weighted by Crippen LogP contribution is 2.23. The Balaban J connectivity index is 1.36. The fourth-order valence-corrected chi connectivity index (χ4v) is 3.84. The van der Waals surface area contributed by atoms with Crippen molar-refractivity contribution in [2.75, 3.05) is 12.4 Å². The number of aromatic amines is 1. The van der Waals surface area contributed by atoms with Gasteiger partial charge in [0.2, 0.25) is 5.89 Å². The van der Waals surface area contributed by atoms with Crippen molar-refractivity contribution in [3.8, 4) is 11.4 Å². The second-order valence-corrected chi connectivity index (χ2v) is 8.25. The Hall–Kier alpha value is -5.06. The van der Waals surface area contributed by atoms with E-state index in [0.29, 0.717) is 24.2 Å². The lowest BCUT2D eigenvalue weighted by Crippen LogP contribution is -2.29. The van der Waals surface area contributed by atoms with Crippen molar-refractivity contribution in [3.63, 3.8) is 0 Å². The number of H-pyrrole nitrogens is 1. The fourth-order valence-electron chi connectivity index (χ4n) is 3.84. The van der Waals surface area contributed by atoms with Crippen LogP contribution in [0.1, 0.15) is 34.3 Å². The zero-order valence-electron chi connectivity index (χ0n) is 19.9. The molecule has 0 fully saturated rings. The van der Waals surface area contributed by atoms with Crippen LogP contribution in [0.15, 0.2) is 77.5 Å². The van der Waals surface area contributed by atoms with E-state index in [9.17, 15) is 9.59 Å². The predicted molar refractivity (Wildman–Crippen MR) is 137 cm³/mol. The number of urea groups is 1. The third-order valence-corrected chi connectivity index (χ3v) is 5.75. The van der Waals surface area contributed by atoms with Crippen molar-refractivity contribution in [1.29, 1.82) is 0 Å². The van der Waals surface area contributed by atoms with E-state index in [0.717, 1.165) is 22.2 Å². The summed E-state index contributed by atoms with van der Waals surface area (Å²) >= 11 is 0. The molecule has 2 aromatic carbocycles. The van der Waals surface area contributed by atoms with E-state index < -0.39 is 12.1 Å².